The Morgan fingerprint density at radius 3 is 2.81 bits per heavy atom. The fourth-order valence-electron chi connectivity index (χ4n) is 2.24. The lowest BCUT2D eigenvalue weighted by atomic mass is 10.0. The highest BCUT2D eigenvalue weighted by Crippen LogP contribution is 2.11. The molecule has 1 unspecified atom stereocenters. The van der Waals surface area contributed by atoms with E-state index >= 15 is 0 Å². The van der Waals surface area contributed by atoms with Gasteiger partial charge >= 0.3 is 0 Å². The quantitative estimate of drug-likeness (QED) is 0.820. The zero-order valence-corrected chi connectivity index (χ0v) is 9.61. The van der Waals surface area contributed by atoms with Crippen molar-refractivity contribution in [3.05, 3.63) is 35.9 Å². The number of Topliss-reactive ketones (excluding diaryl/α,β-unsaturated/α-hetero) is 1. The van der Waals surface area contributed by atoms with E-state index in [0.29, 0.717) is 24.7 Å². The lowest BCUT2D eigenvalue weighted by Crippen LogP contribution is -2.24. The average Bonchev–Trinajstić information content (AvgIpc) is 2.81. The summed E-state index contributed by atoms with van der Waals surface area (Å²) in [6.07, 6.45) is 4.66. The van der Waals surface area contributed by atoms with Crippen LogP contribution in [-0.2, 0) is 11.2 Å². The standard InChI is InChI=1S/C14H19NO/c16-14(11-13-7-4-10-15-13)9-8-12-5-2-1-3-6-12/h1-3,5-6,13,15H,4,7-11H2. The van der Waals surface area contributed by atoms with Crippen LogP contribution in [0.25, 0.3) is 0 Å². The molecule has 0 saturated carbocycles. The van der Waals surface area contributed by atoms with E-state index in [-0.39, 0.29) is 0 Å². The second-order valence-electron chi connectivity index (χ2n) is 4.52. The SMILES string of the molecule is O=C(CCc1ccccc1)CC1CCCN1. The Bertz CT molecular complexity index is 328. The van der Waals surface area contributed by atoms with Crippen LogP contribution in [-0.4, -0.2) is 18.4 Å². The van der Waals surface area contributed by atoms with Crippen molar-refractivity contribution in [2.45, 2.75) is 38.1 Å². The van der Waals surface area contributed by atoms with Crippen molar-refractivity contribution in [1.29, 1.82) is 0 Å². The van der Waals surface area contributed by atoms with Crippen molar-refractivity contribution in [2.75, 3.05) is 6.54 Å². The van der Waals surface area contributed by atoms with Gasteiger partial charge in [0.1, 0.15) is 5.78 Å². The molecule has 2 nitrogen and oxygen atoms in total. The Hall–Kier alpha value is -1.15. The highest BCUT2D eigenvalue weighted by atomic mass is 16.1. The number of rotatable bonds is 5. The molecule has 0 aromatic heterocycles. The van der Waals surface area contributed by atoms with Crippen LogP contribution < -0.4 is 5.32 Å². The predicted molar refractivity (Wildman–Crippen MR) is 65.4 cm³/mol. The first-order valence-electron chi connectivity index (χ1n) is 6.13. The average molecular weight is 217 g/mol. The van der Waals surface area contributed by atoms with Crippen LogP contribution in [0.1, 0.15) is 31.2 Å². The molecule has 1 atom stereocenters. The number of benzene rings is 1. The van der Waals surface area contributed by atoms with Crippen molar-refractivity contribution in [3.8, 4) is 0 Å². The number of hydrogen-bond acceptors (Lipinski definition) is 2. The molecule has 1 fully saturated rings. The van der Waals surface area contributed by atoms with Gasteiger partial charge in [-0.25, -0.2) is 0 Å². The van der Waals surface area contributed by atoms with Crippen molar-refractivity contribution in [3.63, 3.8) is 0 Å². The second kappa shape index (κ2) is 5.80. The highest BCUT2D eigenvalue weighted by Gasteiger charge is 2.17. The van der Waals surface area contributed by atoms with Gasteiger partial charge in [-0.15, -0.1) is 0 Å². The zero-order valence-electron chi connectivity index (χ0n) is 9.61. The maximum absolute atomic E-state index is 11.7. The molecule has 86 valence electrons. The summed E-state index contributed by atoms with van der Waals surface area (Å²) in [6, 6.07) is 10.7. The lowest BCUT2D eigenvalue weighted by molar-refractivity contribution is -0.119. The Balaban J connectivity index is 1.71. The lowest BCUT2D eigenvalue weighted by Gasteiger charge is -2.08. The van der Waals surface area contributed by atoms with Gasteiger partial charge in [-0.3, -0.25) is 4.79 Å². The van der Waals surface area contributed by atoms with Crippen molar-refractivity contribution >= 4 is 5.78 Å². The molecule has 1 aromatic carbocycles. The number of hydrogen-bond donors (Lipinski definition) is 1. The first kappa shape index (κ1) is 11.3. The van der Waals surface area contributed by atoms with Gasteiger partial charge < -0.3 is 5.32 Å². The molecular weight excluding hydrogens is 198 g/mol. The van der Waals surface area contributed by atoms with Crippen LogP contribution in [0.3, 0.4) is 0 Å². The van der Waals surface area contributed by atoms with Gasteiger partial charge in [0, 0.05) is 18.9 Å². The van der Waals surface area contributed by atoms with Crippen molar-refractivity contribution < 1.29 is 4.79 Å². The molecule has 0 radical (unpaired) electrons. The fourth-order valence-corrected chi connectivity index (χ4v) is 2.24. The Labute approximate surface area is 97.1 Å². The summed E-state index contributed by atoms with van der Waals surface area (Å²) < 4.78 is 0. The summed E-state index contributed by atoms with van der Waals surface area (Å²) in [5, 5.41) is 3.36. The third kappa shape index (κ3) is 3.46. The molecular formula is C14H19NO. The molecule has 0 bridgehead atoms. The minimum Gasteiger partial charge on any atom is -0.314 e. The topological polar surface area (TPSA) is 29.1 Å². The maximum Gasteiger partial charge on any atom is 0.134 e. The van der Waals surface area contributed by atoms with Gasteiger partial charge in [0.2, 0.25) is 0 Å². The minimum atomic E-state index is 0.392. The van der Waals surface area contributed by atoms with E-state index in [9.17, 15) is 4.79 Å². The Morgan fingerprint density at radius 1 is 1.31 bits per heavy atom. The Morgan fingerprint density at radius 2 is 2.12 bits per heavy atom. The fraction of sp³-hybridized carbons (Fsp3) is 0.500. The van der Waals surface area contributed by atoms with Gasteiger partial charge in [0.05, 0.1) is 0 Å². The van der Waals surface area contributed by atoms with Crippen molar-refractivity contribution in [1.82, 2.24) is 5.32 Å². The molecule has 1 aliphatic rings. The normalized spacial score (nSPS) is 19.9. The first-order valence-corrected chi connectivity index (χ1v) is 6.13. The molecule has 1 N–H and O–H groups in total. The van der Waals surface area contributed by atoms with E-state index < -0.39 is 0 Å². The smallest absolute Gasteiger partial charge is 0.134 e. The van der Waals surface area contributed by atoms with E-state index in [1.165, 1.54) is 12.0 Å². The van der Waals surface area contributed by atoms with E-state index in [1.807, 2.05) is 18.2 Å². The van der Waals surface area contributed by atoms with Gasteiger partial charge in [-0.05, 0) is 31.4 Å². The third-order valence-corrected chi connectivity index (χ3v) is 3.17. The molecule has 1 aromatic rings. The molecule has 0 aliphatic carbocycles. The molecule has 1 heterocycles. The molecule has 16 heavy (non-hydrogen) atoms. The summed E-state index contributed by atoms with van der Waals surface area (Å²) in [5.41, 5.74) is 1.26. The van der Waals surface area contributed by atoms with Gasteiger partial charge in [0.25, 0.3) is 0 Å². The molecule has 2 rings (SSSR count). The summed E-state index contributed by atoms with van der Waals surface area (Å²) in [4.78, 5) is 11.7. The molecule has 1 aliphatic heterocycles. The monoisotopic (exact) mass is 217 g/mol. The number of carbonyl (C=O) groups is 1. The van der Waals surface area contributed by atoms with E-state index in [1.54, 1.807) is 0 Å². The van der Waals surface area contributed by atoms with Crippen LogP contribution in [0.4, 0.5) is 0 Å². The van der Waals surface area contributed by atoms with Gasteiger partial charge in [-0.1, -0.05) is 30.3 Å². The number of nitrogens with one attached hydrogen (secondary N) is 1. The first-order chi connectivity index (χ1) is 7.84. The second-order valence-corrected chi connectivity index (χ2v) is 4.52. The predicted octanol–water partition coefficient (Wildman–Crippen LogP) is 2.33. The number of carbonyl (C=O) groups excluding carboxylic acids is 1. The van der Waals surface area contributed by atoms with Crippen molar-refractivity contribution in [2.24, 2.45) is 0 Å². The number of aryl methyl sites for hydroxylation is 1. The molecule has 1 saturated heterocycles. The summed E-state index contributed by atoms with van der Waals surface area (Å²) in [7, 11) is 0. The minimum absolute atomic E-state index is 0.392. The maximum atomic E-state index is 11.7. The molecule has 0 spiro atoms. The summed E-state index contributed by atoms with van der Waals surface area (Å²) in [5.74, 6) is 0.392. The Kier molecular flexibility index (Phi) is 4.11. The van der Waals surface area contributed by atoms with Crippen LogP contribution in [0.15, 0.2) is 30.3 Å². The van der Waals surface area contributed by atoms with Gasteiger partial charge in [0.15, 0.2) is 0 Å². The molecule has 2 heteroatoms. The van der Waals surface area contributed by atoms with Crippen LogP contribution in [0, 0.1) is 0 Å². The van der Waals surface area contributed by atoms with Gasteiger partial charge in [-0.2, -0.15) is 0 Å². The van der Waals surface area contributed by atoms with Crippen LogP contribution in [0.2, 0.25) is 0 Å². The highest BCUT2D eigenvalue weighted by molar-refractivity contribution is 5.79. The van der Waals surface area contributed by atoms with Crippen LogP contribution >= 0.6 is 0 Å². The van der Waals surface area contributed by atoms with E-state index in [0.717, 1.165) is 19.4 Å². The summed E-state index contributed by atoms with van der Waals surface area (Å²) >= 11 is 0. The third-order valence-electron chi connectivity index (χ3n) is 3.17. The molecule has 0 amide bonds. The van der Waals surface area contributed by atoms with Crippen LogP contribution in [0.5, 0.6) is 0 Å². The number of ketones is 1. The summed E-state index contributed by atoms with van der Waals surface area (Å²) in [6.45, 7) is 1.08. The largest absolute Gasteiger partial charge is 0.314 e. The van der Waals surface area contributed by atoms with E-state index in [4.69, 9.17) is 0 Å². The van der Waals surface area contributed by atoms with E-state index in [2.05, 4.69) is 17.4 Å². The zero-order chi connectivity index (χ0) is 11.2.